The molecule has 3 nitrogen and oxygen atoms in total. The highest BCUT2D eigenvalue weighted by Gasteiger charge is 2.22. The lowest BCUT2D eigenvalue weighted by molar-refractivity contribution is -0.131. The van der Waals surface area contributed by atoms with E-state index in [1.807, 2.05) is 12.1 Å². The van der Waals surface area contributed by atoms with Gasteiger partial charge in [-0.3, -0.25) is 0 Å². The first-order valence-corrected chi connectivity index (χ1v) is 7.69. The van der Waals surface area contributed by atoms with Gasteiger partial charge in [-0.25, -0.2) is 9.18 Å². The molecule has 1 N–H and O–H groups in total. The molecule has 116 valence electrons. The molecule has 4 heteroatoms. The van der Waals surface area contributed by atoms with Crippen LogP contribution in [0, 0.1) is 23.1 Å². The molecule has 1 saturated carbocycles. The predicted molar refractivity (Wildman–Crippen MR) is 81.8 cm³/mol. The zero-order valence-corrected chi connectivity index (χ0v) is 12.5. The standard InChI is InChI=1S/C18H20FNO2/c19-17-11-15(9-10-16(17)12-20)14-7-5-13(6-8-14)3-1-2-4-18(21)22/h2,4,9-11,13-14H,1,3,5-8H2,(H,21,22)/b4-2+. The SMILES string of the molecule is N#Cc1ccc(C2CCC(CC/C=C/C(=O)O)CC2)cc1F. The van der Waals surface area contributed by atoms with Gasteiger partial charge in [0.1, 0.15) is 11.9 Å². The van der Waals surface area contributed by atoms with Crippen LogP contribution in [0.1, 0.15) is 55.6 Å². The number of aliphatic carboxylic acids is 1. The van der Waals surface area contributed by atoms with Crippen molar-refractivity contribution in [1.29, 1.82) is 5.26 Å². The molecule has 0 bridgehead atoms. The summed E-state index contributed by atoms with van der Waals surface area (Å²) in [7, 11) is 0. The highest BCUT2D eigenvalue weighted by atomic mass is 19.1. The number of hydrogen-bond acceptors (Lipinski definition) is 2. The average Bonchev–Trinajstić information content (AvgIpc) is 2.52. The molecule has 0 aliphatic heterocycles. The van der Waals surface area contributed by atoms with Gasteiger partial charge >= 0.3 is 5.97 Å². The summed E-state index contributed by atoms with van der Waals surface area (Å²) in [6.07, 6.45) is 8.96. The summed E-state index contributed by atoms with van der Waals surface area (Å²) < 4.78 is 13.7. The van der Waals surface area contributed by atoms with Crippen LogP contribution in [0.4, 0.5) is 4.39 Å². The van der Waals surface area contributed by atoms with Gasteiger partial charge in [-0.2, -0.15) is 5.26 Å². The first kappa shape index (κ1) is 16.2. The number of nitrogens with zero attached hydrogens (tertiary/aromatic N) is 1. The first-order chi connectivity index (χ1) is 10.6. The van der Waals surface area contributed by atoms with E-state index < -0.39 is 11.8 Å². The second-order valence-corrected chi connectivity index (χ2v) is 5.89. The van der Waals surface area contributed by atoms with E-state index in [0.29, 0.717) is 11.8 Å². The number of allylic oxidation sites excluding steroid dienone is 1. The molecule has 1 aliphatic rings. The summed E-state index contributed by atoms with van der Waals surface area (Å²) >= 11 is 0. The Morgan fingerprint density at radius 1 is 1.36 bits per heavy atom. The fraction of sp³-hybridized carbons (Fsp3) is 0.444. The van der Waals surface area contributed by atoms with Crippen LogP contribution in [0.25, 0.3) is 0 Å². The quantitative estimate of drug-likeness (QED) is 0.820. The summed E-state index contributed by atoms with van der Waals surface area (Å²) in [5.74, 6) is -0.335. The highest BCUT2D eigenvalue weighted by Crippen LogP contribution is 2.37. The zero-order chi connectivity index (χ0) is 15.9. The maximum atomic E-state index is 13.7. The number of carboxylic acids is 1. The van der Waals surface area contributed by atoms with Gasteiger partial charge in [0.05, 0.1) is 5.56 Å². The minimum atomic E-state index is -0.897. The predicted octanol–water partition coefficient (Wildman–Crippen LogP) is 4.39. The van der Waals surface area contributed by atoms with Crippen molar-refractivity contribution < 1.29 is 14.3 Å². The molecule has 0 amide bonds. The molecule has 1 aliphatic carbocycles. The summed E-state index contributed by atoms with van der Waals surface area (Å²) in [5.41, 5.74) is 1.09. The van der Waals surface area contributed by atoms with Gasteiger partial charge in [0.25, 0.3) is 0 Å². The fourth-order valence-corrected chi connectivity index (χ4v) is 3.18. The summed E-state index contributed by atoms with van der Waals surface area (Å²) in [6, 6.07) is 6.77. The molecule has 22 heavy (non-hydrogen) atoms. The van der Waals surface area contributed by atoms with Crippen molar-refractivity contribution >= 4 is 5.97 Å². The Morgan fingerprint density at radius 3 is 2.68 bits per heavy atom. The zero-order valence-electron chi connectivity index (χ0n) is 12.5. The van der Waals surface area contributed by atoms with Crippen molar-refractivity contribution in [2.24, 2.45) is 5.92 Å². The molecule has 0 atom stereocenters. The third kappa shape index (κ3) is 4.42. The molecular formula is C18H20FNO2. The lowest BCUT2D eigenvalue weighted by atomic mass is 9.77. The fourth-order valence-electron chi connectivity index (χ4n) is 3.18. The molecule has 2 rings (SSSR count). The van der Waals surface area contributed by atoms with E-state index in [4.69, 9.17) is 10.4 Å². The Hall–Kier alpha value is -2.15. The molecular weight excluding hydrogens is 281 g/mol. The van der Waals surface area contributed by atoms with Gasteiger partial charge in [0.15, 0.2) is 0 Å². The summed E-state index contributed by atoms with van der Waals surface area (Å²) in [6.45, 7) is 0. The van der Waals surface area contributed by atoms with Crippen molar-refractivity contribution in [3.8, 4) is 6.07 Å². The van der Waals surface area contributed by atoms with Crippen LogP contribution in [-0.2, 0) is 4.79 Å². The van der Waals surface area contributed by atoms with Crippen molar-refractivity contribution in [1.82, 2.24) is 0 Å². The van der Waals surface area contributed by atoms with Crippen LogP contribution >= 0.6 is 0 Å². The number of halogens is 1. The van der Waals surface area contributed by atoms with Gasteiger partial charge < -0.3 is 5.11 Å². The van der Waals surface area contributed by atoms with Gasteiger partial charge in [0, 0.05) is 6.08 Å². The summed E-state index contributed by atoms with van der Waals surface area (Å²) in [4.78, 5) is 10.4. The number of benzene rings is 1. The van der Waals surface area contributed by atoms with Gasteiger partial charge in [-0.05, 0) is 68.1 Å². The van der Waals surface area contributed by atoms with Crippen LogP contribution < -0.4 is 0 Å². The lowest BCUT2D eigenvalue weighted by Gasteiger charge is -2.28. The third-order valence-electron chi connectivity index (χ3n) is 4.43. The highest BCUT2D eigenvalue weighted by molar-refractivity contribution is 5.79. The molecule has 0 radical (unpaired) electrons. The second kappa shape index (κ2) is 7.74. The van der Waals surface area contributed by atoms with Crippen molar-refractivity contribution in [2.75, 3.05) is 0 Å². The van der Waals surface area contributed by atoms with Gasteiger partial charge in [-0.15, -0.1) is 0 Å². The largest absolute Gasteiger partial charge is 0.478 e. The number of carbonyl (C=O) groups is 1. The number of carboxylic acid groups (broad SMARTS) is 1. The number of rotatable bonds is 5. The van der Waals surface area contributed by atoms with E-state index in [1.54, 1.807) is 12.1 Å². The van der Waals surface area contributed by atoms with E-state index >= 15 is 0 Å². The average molecular weight is 301 g/mol. The third-order valence-corrected chi connectivity index (χ3v) is 4.43. The van der Waals surface area contributed by atoms with Gasteiger partial charge in [-0.1, -0.05) is 12.1 Å². The van der Waals surface area contributed by atoms with Crippen molar-refractivity contribution in [3.63, 3.8) is 0 Å². The monoisotopic (exact) mass is 301 g/mol. The van der Waals surface area contributed by atoms with E-state index in [2.05, 4.69) is 0 Å². The normalized spacial score (nSPS) is 21.6. The molecule has 1 aromatic rings. The number of nitriles is 1. The van der Waals surface area contributed by atoms with Crippen LogP contribution in [0.3, 0.4) is 0 Å². The second-order valence-electron chi connectivity index (χ2n) is 5.89. The molecule has 0 saturated heterocycles. The van der Waals surface area contributed by atoms with Crippen LogP contribution in [0.15, 0.2) is 30.4 Å². The topological polar surface area (TPSA) is 61.1 Å². The number of hydrogen-bond donors (Lipinski definition) is 1. The molecule has 1 aromatic carbocycles. The summed E-state index contributed by atoms with van der Waals surface area (Å²) in [5, 5.41) is 17.3. The Balaban J connectivity index is 1.83. The van der Waals surface area contributed by atoms with Crippen LogP contribution in [0.2, 0.25) is 0 Å². The van der Waals surface area contributed by atoms with Crippen molar-refractivity contribution in [3.05, 3.63) is 47.3 Å². The van der Waals surface area contributed by atoms with Crippen LogP contribution in [0.5, 0.6) is 0 Å². The van der Waals surface area contributed by atoms with Gasteiger partial charge in [0.2, 0.25) is 0 Å². The van der Waals surface area contributed by atoms with E-state index in [9.17, 15) is 9.18 Å². The minimum Gasteiger partial charge on any atom is -0.478 e. The van der Waals surface area contributed by atoms with Crippen LogP contribution in [-0.4, -0.2) is 11.1 Å². The van der Waals surface area contributed by atoms with E-state index in [1.165, 1.54) is 12.1 Å². The Bertz CT molecular complexity index is 596. The Kier molecular flexibility index (Phi) is 5.71. The molecule has 0 unspecified atom stereocenters. The molecule has 0 spiro atoms. The van der Waals surface area contributed by atoms with Crippen molar-refractivity contribution in [2.45, 2.75) is 44.4 Å². The Labute approximate surface area is 130 Å². The molecule has 1 fully saturated rings. The van der Waals surface area contributed by atoms with E-state index in [-0.39, 0.29) is 5.56 Å². The Morgan fingerprint density at radius 2 is 2.09 bits per heavy atom. The first-order valence-electron chi connectivity index (χ1n) is 7.69. The minimum absolute atomic E-state index is 0.0997. The lowest BCUT2D eigenvalue weighted by Crippen LogP contribution is -2.13. The molecule has 0 heterocycles. The van der Waals surface area contributed by atoms with E-state index in [0.717, 1.165) is 44.1 Å². The molecule has 0 aromatic heterocycles. The smallest absolute Gasteiger partial charge is 0.327 e. The maximum absolute atomic E-state index is 13.7. The maximum Gasteiger partial charge on any atom is 0.327 e.